The maximum absolute atomic E-state index is 13.7. The highest BCUT2D eigenvalue weighted by Gasteiger charge is 2.98. The van der Waals surface area contributed by atoms with E-state index in [9.17, 15) is 167 Å². The zero-order valence-corrected chi connectivity index (χ0v) is 39.8. The Morgan fingerprint density at radius 3 is 0.724 bits per heavy atom. The Bertz CT molecular complexity index is 1810. The summed E-state index contributed by atoms with van der Waals surface area (Å²) in [6.45, 7) is -3.64. The van der Waals surface area contributed by atoms with Crippen LogP contribution in [0.5, 0.6) is 0 Å². The van der Waals surface area contributed by atoms with Gasteiger partial charge in [0.2, 0.25) is 0 Å². The molecule has 0 rings (SSSR count). The molecule has 460 valence electrons. The average molecular weight is 1450 g/mol. The first-order valence-electron chi connectivity index (χ1n) is 18.7. The van der Waals surface area contributed by atoms with Crippen LogP contribution < -0.4 is 0 Å². The number of aliphatic hydroxyl groups is 2. The molecule has 0 aromatic heterocycles. The molecule has 0 heterocycles. The van der Waals surface area contributed by atoms with Gasteiger partial charge >= 0.3 is 107 Å². The second-order valence-electron chi connectivity index (χ2n) is 15.1. The highest BCUT2D eigenvalue weighted by Crippen LogP contribution is 2.68. The van der Waals surface area contributed by atoms with Crippen LogP contribution in [0.15, 0.2) is 0 Å². The van der Waals surface area contributed by atoms with Gasteiger partial charge in [-0.25, -0.2) is 0 Å². The lowest BCUT2D eigenvalue weighted by atomic mass is 9.86. The van der Waals surface area contributed by atoms with Gasteiger partial charge in [0.25, 0.3) is 0 Å². The maximum Gasteiger partial charge on any atom is 0.460 e. The second-order valence-corrected chi connectivity index (χ2v) is 18.6. The van der Waals surface area contributed by atoms with E-state index in [-0.39, 0.29) is 36.6 Å². The molecule has 0 aliphatic heterocycles. The molecular weight excluding hydrogens is 1420 g/mol. The third-order valence-electron chi connectivity index (χ3n) is 9.45. The number of hydrogen-bond donors (Lipinski definition) is 2. The predicted molar refractivity (Wildman–Crippen MR) is 190 cm³/mol. The minimum absolute atomic E-state index is 0.0395. The summed E-state index contributed by atoms with van der Waals surface area (Å²) in [4.78, 5) is 0. The fourth-order valence-electron chi connectivity index (χ4n) is 4.73. The summed E-state index contributed by atoms with van der Waals surface area (Å²) in [5, 5.41) is 17.3. The number of alkyl halides is 40. The summed E-state index contributed by atoms with van der Waals surface area (Å²) in [5.41, 5.74) is 0. The zero-order valence-electron chi connectivity index (χ0n) is 35.5. The van der Waals surface area contributed by atoms with Crippen molar-refractivity contribution in [2.45, 2.75) is 153 Å². The lowest BCUT2D eigenvalue weighted by molar-refractivity contribution is -0.474. The van der Waals surface area contributed by atoms with Crippen molar-refractivity contribution >= 4 is 45.2 Å². The van der Waals surface area contributed by atoms with Crippen molar-refractivity contribution in [3.63, 3.8) is 0 Å². The van der Waals surface area contributed by atoms with E-state index >= 15 is 0 Å². The molecule has 2 unspecified atom stereocenters. The third kappa shape index (κ3) is 13.4. The van der Waals surface area contributed by atoms with Gasteiger partial charge in [0.05, 0.1) is 40.9 Å². The lowest BCUT2D eigenvalue weighted by Crippen LogP contribution is -2.76. The minimum atomic E-state index is -9.18. The molecule has 0 bridgehead atoms. The van der Waals surface area contributed by atoms with Gasteiger partial charge in [-0.15, -0.1) is 0 Å². The molecular formula is C32H28F38I2O4. The smallest absolute Gasteiger partial charge is 0.395 e. The molecule has 44 heteroatoms. The fraction of sp³-hybridized carbons (Fsp3) is 1.00. The summed E-state index contributed by atoms with van der Waals surface area (Å²) >= 11 is 3.14. The van der Waals surface area contributed by atoms with Crippen molar-refractivity contribution in [3.8, 4) is 0 Å². The number of aliphatic hydroxyl groups excluding tert-OH is 2. The SMILES string of the molecule is OCC(I)COCCC(F)(F)C(F)(F)C(F)(F)C(F)(F)C(F)(F)C(F)(F)C(F)(F)C(F)(F)C(F)(F)C(F)(F)F.OCC(I)COCCCCCCC(F)(F)C(F)(F)C(F)(F)C(F)(F)C(F)(F)C(F)(F)C(F)(F)C(F)(F)F. The Balaban J connectivity index is 0. The van der Waals surface area contributed by atoms with Crippen molar-refractivity contribution in [1.29, 1.82) is 0 Å². The van der Waals surface area contributed by atoms with E-state index in [4.69, 9.17) is 14.9 Å². The molecule has 4 nitrogen and oxygen atoms in total. The normalized spacial score (nSPS) is 16.7. The first kappa shape index (κ1) is 76.7. The largest absolute Gasteiger partial charge is 0.460 e. The van der Waals surface area contributed by atoms with Gasteiger partial charge in [-0.05, 0) is 12.8 Å². The monoisotopic (exact) mass is 1450 g/mol. The molecule has 2 N–H and O–H groups in total. The molecule has 0 saturated heterocycles. The maximum atomic E-state index is 13.7. The quantitative estimate of drug-likeness (QED) is 0.0326. The predicted octanol–water partition coefficient (Wildman–Crippen LogP) is 15.2. The second kappa shape index (κ2) is 24.2. The molecule has 0 spiro atoms. The lowest BCUT2D eigenvalue weighted by Gasteiger charge is -2.44. The van der Waals surface area contributed by atoms with Crippen LogP contribution in [0.3, 0.4) is 0 Å². The molecule has 0 amide bonds. The Morgan fingerprint density at radius 2 is 0.474 bits per heavy atom. The number of rotatable bonds is 30. The van der Waals surface area contributed by atoms with Crippen molar-refractivity contribution in [3.05, 3.63) is 0 Å². The van der Waals surface area contributed by atoms with E-state index in [2.05, 4.69) is 4.74 Å². The number of ether oxygens (including phenoxy) is 2. The molecule has 0 aliphatic rings. The summed E-state index contributed by atoms with van der Waals surface area (Å²) in [5.74, 6) is -133. The van der Waals surface area contributed by atoms with Crippen LogP contribution in [-0.4, -0.2) is 165 Å². The van der Waals surface area contributed by atoms with Crippen LogP contribution >= 0.6 is 45.2 Å². The van der Waals surface area contributed by atoms with Crippen LogP contribution in [-0.2, 0) is 9.47 Å². The Morgan fingerprint density at radius 1 is 0.263 bits per heavy atom. The number of halogens is 40. The van der Waals surface area contributed by atoms with E-state index < -0.39 is 157 Å². The third-order valence-corrected chi connectivity index (χ3v) is 11.0. The molecule has 0 radical (unpaired) electrons. The van der Waals surface area contributed by atoms with Gasteiger partial charge in [-0.3, -0.25) is 0 Å². The topological polar surface area (TPSA) is 58.9 Å². The average Bonchev–Trinajstić information content (AvgIpc) is 3.24. The van der Waals surface area contributed by atoms with Crippen LogP contribution in [0.2, 0.25) is 0 Å². The van der Waals surface area contributed by atoms with E-state index in [1.54, 1.807) is 22.6 Å². The standard InChI is InChI=1S/C17H18F17IO2.C15H10F21IO2/c18-10(19,5-3-1-2-4-6-37-8-9(35)7-36)11(20,21)12(22,23)13(24,25)14(26,27)15(28,29)16(30,31)17(32,33)34;16-6(17,1-2-39-4-5(37)3-38)7(18,19)8(20,21)9(22,23)10(24,25)11(26,27)12(28,29)13(30,31)14(32,33)15(34,35)36/h9,36H,1-8H2;5,38H,1-4H2. The number of unbranched alkanes of at least 4 members (excludes halogenated alkanes) is 3. The highest BCUT2D eigenvalue weighted by molar-refractivity contribution is 14.1. The summed E-state index contributed by atoms with van der Waals surface area (Å²) in [6.07, 6.45) is -22.7. The van der Waals surface area contributed by atoms with Crippen molar-refractivity contribution in [2.24, 2.45) is 0 Å². The molecule has 2 atom stereocenters. The Labute approximate surface area is 424 Å². The van der Waals surface area contributed by atoms with Gasteiger partial charge in [0.15, 0.2) is 0 Å². The van der Waals surface area contributed by atoms with Gasteiger partial charge < -0.3 is 19.7 Å². The Kier molecular flexibility index (Phi) is 24.5. The van der Waals surface area contributed by atoms with E-state index in [0.29, 0.717) is 0 Å². The van der Waals surface area contributed by atoms with E-state index in [1.165, 1.54) is 22.6 Å². The highest BCUT2D eigenvalue weighted by atomic mass is 127. The zero-order chi connectivity index (χ0) is 62.1. The minimum Gasteiger partial charge on any atom is -0.395 e. The van der Waals surface area contributed by atoms with Crippen LogP contribution in [0.25, 0.3) is 0 Å². The Hall–Kier alpha value is -1.36. The van der Waals surface area contributed by atoms with Crippen LogP contribution in [0.4, 0.5) is 167 Å². The molecule has 76 heavy (non-hydrogen) atoms. The summed E-state index contributed by atoms with van der Waals surface area (Å²) in [7, 11) is 0. The first-order chi connectivity index (χ1) is 32.9. The molecule has 0 fully saturated rings. The van der Waals surface area contributed by atoms with Crippen LogP contribution in [0, 0.1) is 0 Å². The van der Waals surface area contributed by atoms with Gasteiger partial charge in [-0.1, -0.05) is 58.0 Å². The van der Waals surface area contributed by atoms with Gasteiger partial charge in [-0.2, -0.15) is 167 Å². The van der Waals surface area contributed by atoms with E-state index in [1.807, 2.05) is 0 Å². The summed E-state index contributed by atoms with van der Waals surface area (Å²) < 4.78 is 509. The molecule has 0 aromatic carbocycles. The van der Waals surface area contributed by atoms with Gasteiger partial charge in [0, 0.05) is 19.4 Å². The van der Waals surface area contributed by atoms with Crippen LogP contribution in [0.1, 0.15) is 38.5 Å². The van der Waals surface area contributed by atoms with Crippen molar-refractivity contribution < 1.29 is 187 Å². The summed E-state index contributed by atoms with van der Waals surface area (Å²) in [6, 6.07) is 0. The first-order valence-corrected chi connectivity index (χ1v) is 21.2. The molecule has 0 aliphatic carbocycles. The number of hydrogen-bond acceptors (Lipinski definition) is 4. The van der Waals surface area contributed by atoms with Crippen molar-refractivity contribution in [2.75, 3.05) is 39.6 Å². The van der Waals surface area contributed by atoms with Gasteiger partial charge in [0.1, 0.15) is 0 Å². The molecule has 0 saturated carbocycles. The molecule has 0 aromatic rings. The fourth-order valence-corrected chi connectivity index (χ4v) is 5.24. The van der Waals surface area contributed by atoms with E-state index in [0.717, 1.165) is 0 Å². The van der Waals surface area contributed by atoms with Crippen molar-refractivity contribution in [1.82, 2.24) is 0 Å².